The fourth-order valence-electron chi connectivity index (χ4n) is 2.80. The van der Waals surface area contributed by atoms with Crippen molar-refractivity contribution in [3.63, 3.8) is 0 Å². The lowest BCUT2D eigenvalue weighted by Crippen LogP contribution is -2.50. The predicted octanol–water partition coefficient (Wildman–Crippen LogP) is -0.107. The lowest BCUT2D eigenvalue weighted by molar-refractivity contribution is -0.252. The molecule has 3 rings (SSSR count). The van der Waals surface area contributed by atoms with Crippen LogP contribution in [0.4, 0.5) is 19.0 Å². The van der Waals surface area contributed by atoms with Crippen LogP contribution in [0.2, 0.25) is 0 Å². The van der Waals surface area contributed by atoms with Crippen LogP contribution in [0.15, 0.2) is 27.8 Å². The molecule has 0 fully saturated rings. The van der Waals surface area contributed by atoms with Crippen LogP contribution in [0.25, 0.3) is 0 Å². The number of rotatable bonds is 3. The molecule has 12 heteroatoms. The van der Waals surface area contributed by atoms with Gasteiger partial charge in [-0.2, -0.15) is 13.2 Å². The van der Waals surface area contributed by atoms with Crippen molar-refractivity contribution in [1.82, 2.24) is 9.55 Å². The molecule has 1 aromatic carbocycles. The van der Waals surface area contributed by atoms with E-state index in [4.69, 9.17) is 0 Å². The Kier molecular flexibility index (Phi) is 4.03. The number of carbonyl (C=O) groups is 1. The molecule has 27 heavy (non-hydrogen) atoms. The number of amides is 1. The fraction of sp³-hybridized carbons (Fsp3) is 0.267. The quantitative estimate of drug-likeness (QED) is 0.465. The normalized spacial score (nSPS) is 19.0. The number of nitrogens with one attached hydrogen (secondary N) is 2. The molecular formula is C15H12F3N3O6. The first-order valence-electron chi connectivity index (χ1n) is 7.46. The maximum atomic E-state index is 13.2. The van der Waals surface area contributed by atoms with Crippen molar-refractivity contribution >= 4 is 11.7 Å². The Morgan fingerprint density at radius 2 is 1.78 bits per heavy atom. The largest absolute Gasteiger partial charge is 0.504 e. The van der Waals surface area contributed by atoms with Gasteiger partial charge in [0.1, 0.15) is 11.4 Å². The summed E-state index contributed by atoms with van der Waals surface area (Å²) in [6, 6.07) is 3.75. The summed E-state index contributed by atoms with van der Waals surface area (Å²) in [5.74, 6) is -3.47. The van der Waals surface area contributed by atoms with Gasteiger partial charge in [-0.1, -0.05) is 6.07 Å². The summed E-state index contributed by atoms with van der Waals surface area (Å²) in [6.45, 7) is -0.295. The van der Waals surface area contributed by atoms with E-state index in [0.717, 1.165) is 0 Å². The van der Waals surface area contributed by atoms with E-state index >= 15 is 0 Å². The number of nitrogens with zero attached hydrogens (tertiary/aromatic N) is 1. The van der Waals surface area contributed by atoms with Crippen molar-refractivity contribution in [2.24, 2.45) is 0 Å². The van der Waals surface area contributed by atoms with Crippen LogP contribution in [0.3, 0.4) is 0 Å². The zero-order chi connectivity index (χ0) is 20.1. The van der Waals surface area contributed by atoms with Crippen LogP contribution >= 0.6 is 0 Å². The Balaban J connectivity index is 2.07. The first-order valence-corrected chi connectivity index (χ1v) is 7.46. The topological polar surface area (TPSA) is 145 Å². The number of halogens is 3. The molecule has 1 aromatic heterocycles. The Morgan fingerprint density at radius 3 is 2.37 bits per heavy atom. The monoisotopic (exact) mass is 387 g/mol. The number of H-pyrrole nitrogens is 1. The van der Waals surface area contributed by atoms with Crippen LogP contribution in [-0.4, -0.2) is 37.0 Å². The third kappa shape index (κ3) is 2.73. The van der Waals surface area contributed by atoms with E-state index in [1.54, 1.807) is 10.3 Å². The van der Waals surface area contributed by atoms with E-state index in [9.17, 15) is 42.9 Å². The molecule has 0 saturated carbocycles. The van der Waals surface area contributed by atoms with Gasteiger partial charge in [-0.05, 0) is 24.1 Å². The second-order valence-electron chi connectivity index (χ2n) is 5.87. The average Bonchev–Trinajstić information content (AvgIpc) is 2.83. The van der Waals surface area contributed by atoms with Crippen molar-refractivity contribution < 1.29 is 33.3 Å². The smallest absolute Gasteiger partial charge is 0.431 e. The highest BCUT2D eigenvalue weighted by Crippen LogP contribution is 2.44. The molecule has 1 atom stereocenters. The van der Waals surface area contributed by atoms with Crippen molar-refractivity contribution in [2.75, 3.05) is 5.32 Å². The number of hydrogen-bond acceptors (Lipinski definition) is 6. The molecule has 0 spiro atoms. The van der Waals surface area contributed by atoms with Gasteiger partial charge in [0.25, 0.3) is 17.1 Å². The molecule has 0 aliphatic carbocycles. The van der Waals surface area contributed by atoms with Crippen LogP contribution in [0, 0.1) is 0 Å². The van der Waals surface area contributed by atoms with Crippen molar-refractivity contribution in [2.45, 2.75) is 24.7 Å². The number of benzene rings is 1. The third-order valence-corrected chi connectivity index (χ3v) is 4.20. The summed E-state index contributed by atoms with van der Waals surface area (Å²) >= 11 is 0. The highest BCUT2D eigenvalue weighted by Gasteiger charge is 2.66. The highest BCUT2D eigenvalue weighted by molar-refractivity contribution is 6.04. The average molecular weight is 387 g/mol. The number of alkyl halides is 3. The van der Waals surface area contributed by atoms with Gasteiger partial charge in [0, 0.05) is 6.54 Å². The number of aryl methyl sites for hydroxylation is 1. The number of hydrogen-bond donors (Lipinski definition) is 5. The Hall–Kier alpha value is -3.28. The predicted molar refractivity (Wildman–Crippen MR) is 83.4 cm³/mol. The van der Waals surface area contributed by atoms with E-state index in [1.165, 1.54) is 18.2 Å². The Bertz CT molecular complexity index is 1060. The zero-order valence-corrected chi connectivity index (χ0v) is 13.3. The minimum atomic E-state index is -5.49. The van der Waals surface area contributed by atoms with E-state index in [-0.39, 0.29) is 18.7 Å². The molecule has 1 aliphatic rings. The van der Waals surface area contributed by atoms with E-state index in [2.05, 4.69) is 0 Å². The molecule has 0 bridgehead atoms. The SMILES string of the molecule is O=C1Nc2c(c(=O)[nH]c(=O)n2CCc2ccc(O)c(O)c2)C1(O)C(F)(F)F. The number of aromatic amines is 1. The van der Waals surface area contributed by atoms with E-state index < -0.39 is 46.1 Å². The number of phenolic OH excluding ortho intramolecular Hbond substituents is 2. The molecule has 0 radical (unpaired) electrons. The summed E-state index contributed by atoms with van der Waals surface area (Å²) in [5, 5.41) is 30.3. The molecule has 1 amide bonds. The number of aliphatic hydroxyl groups is 1. The minimum Gasteiger partial charge on any atom is -0.504 e. The van der Waals surface area contributed by atoms with Gasteiger partial charge in [0.05, 0.1) is 0 Å². The Labute approximate surface area is 147 Å². The number of carbonyl (C=O) groups excluding carboxylic acids is 1. The molecule has 9 nitrogen and oxygen atoms in total. The second kappa shape index (κ2) is 5.87. The molecule has 2 aromatic rings. The fourth-order valence-corrected chi connectivity index (χ4v) is 2.80. The summed E-state index contributed by atoms with van der Waals surface area (Å²) in [6.07, 6.45) is -5.49. The third-order valence-electron chi connectivity index (χ3n) is 4.20. The minimum absolute atomic E-state index is 0.00739. The van der Waals surface area contributed by atoms with Crippen LogP contribution in [0.1, 0.15) is 11.1 Å². The van der Waals surface area contributed by atoms with Crippen molar-refractivity contribution in [1.29, 1.82) is 0 Å². The van der Waals surface area contributed by atoms with E-state index in [0.29, 0.717) is 10.1 Å². The molecule has 1 aliphatic heterocycles. The number of aromatic hydroxyl groups is 2. The number of aromatic nitrogens is 2. The number of fused-ring (bicyclic) bond motifs is 1. The van der Waals surface area contributed by atoms with Gasteiger partial charge in [-0.3, -0.25) is 19.1 Å². The first kappa shape index (κ1) is 18.5. The summed E-state index contributed by atoms with van der Waals surface area (Å²) in [5.41, 5.74) is -7.61. The van der Waals surface area contributed by atoms with Crippen LogP contribution in [0.5, 0.6) is 11.5 Å². The molecule has 144 valence electrons. The van der Waals surface area contributed by atoms with Gasteiger partial charge in [-0.15, -0.1) is 0 Å². The maximum absolute atomic E-state index is 13.2. The van der Waals surface area contributed by atoms with Gasteiger partial charge >= 0.3 is 11.9 Å². The van der Waals surface area contributed by atoms with Crippen LogP contribution < -0.4 is 16.6 Å². The van der Waals surface area contributed by atoms with Crippen molar-refractivity contribution in [3.05, 3.63) is 50.2 Å². The molecular weight excluding hydrogens is 375 g/mol. The van der Waals surface area contributed by atoms with Gasteiger partial charge in [0.15, 0.2) is 11.5 Å². The number of phenols is 2. The van der Waals surface area contributed by atoms with Gasteiger partial charge in [-0.25, -0.2) is 4.79 Å². The lowest BCUT2D eigenvalue weighted by Gasteiger charge is -2.22. The Morgan fingerprint density at radius 1 is 1.11 bits per heavy atom. The number of anilines is 1. The summed E-state index contributed by atoms with van der Waals surface area (Å²) < 4.78 is 40.3. The molecule has 2 heterocycles. The van der Waals surface area contributed by atoms with Crippen LogP contribution in [-0.2, 0) is 23.4 Å². The van der Waals surface area contributed by atoms with Gasteiger partial charge < -0.3 is 20.6 Å². The molecule has 5 N–H and O–H groups in total. The standard InChI is InChI=1S/C15H12F3N3O6/c16-15(17,18)14(27)9-10(19-12(14)25)21(13(26)20-11(9)24)4-3-6-1-2-7(22)8(23)5-6/h1-2,5,22-23,27H,3-4H2,(H,19,25)(H,20,24,26). The van der Waals surface area contributed by atoms with Crippen molar-refractivity contribution in [3.8, 4) is 11.5 Å². The maximum Gasteiger partial charge on any atom is 0.431 e. The summed E-state index contributed by atoms with van der Waals surface area (Å²) in [4.78, 5) is 37.3. The molecule has 1 unspecified atom stereocenters. The van der Waals surface area contributed by atoms with E-state index in [1.807, 2.05) is 0 Å². The first-order chi connectivity index (χ1) is 12.5. The lowest BCUT2D eigenvalue weighted by atomic mass is 9.97. The molecule has 0 saturated heterocycles. The highest BCUT2D eigenvalue weighted by atomic mass is 19.4. The second-order valence-corrected chi connectivity index (χ2v) is 5.87. The van der Waals surface area contributed by atoms with Gasteiger partial charge in [0.2, 0.25) is 0 Å². The zero-order valence-electron chi connectivity index (χ0n) is 13.3. The summed E-state index contributed by atoms with van der Waals surface area (Å²) in [7, 11) is 0.